The molecule has 8 heteroatoms. The molecule has 2 aliphatic rings. The summed E-state index contributed by atoms with van der Waals surface area (Å²) in [6, 6.07) is 14.3. The van der Waals surface area contributed by atoms with Crippen LogP contribution in [-0.2, 0) is 24.3 Å². The van der Waals surface area contributed by atoms with Crippen LogP contribution < -0.4 is 9.64 Å². The molecule has 0 radical (unpaired) electrons. The second kappa shape index (κ2) is 10.6. The van der Waals surface area contributed by atoms with Gasteiger partial charge in [-0.2, -0.15) is 0 Å². The third-order valence-corrected chi connectivity index (χ3v) is 7.23. The fourth-order valence-corrected chi connectivity index (χ4v) is 5.37. The number of carbonyl (C=O) groups is 1. The zero-order chi connectivity index (χ0) is 25.1. The molecule has 188 valence electrons. The monoisotopic (exact) mass is 486 g/mol. The molecule has 2 aromatic heterocycles. The average Bonchev–Trinajstić information content (AvgIpc) is 3.39. The summed E-state index contributed by atoms with van der Waals surface area (Å²) in [7, 11) is 1.69. The van der Waals surface area contributed by atoms with Gasteiger partial charge in [-0.15, -0.1) is 0 Å². The van der Waals surface area contributed by atoms with E-state index in [4.69, 9.17) is 14.7 Å². The first-order chi connectivity index (χ1) is 17.6. The molecule has 1 fully saturated rings. The fourth-order valence-electron chi connectivity index (χ4n) is 5.37. The van der Waals surface area contributed by atoms with E-state index in [9.17, 15) is 4.79 Å². The van der Waals surface area contributed by atoms with Crippen LogP contribution in [0.4, 0.5) is 5.82 Å². The average molecular weight is 487 g/mol. The van der Waals surface area contributed by atoms with Crippen molar-refractivity contribution >= 4 is 11.7 Å². The highest BCUT2D eigenvalue weighted by Gasteiger charge is 2.33. The third kappa shape index (κ3) is 5.04. The van der Waals surface area contributed by atoms with Gasteiger partial charge < -0.3 is 14.5 Å². The molecule has 36 heavy (non-hydrogen) atoms. The number of ether oxygens (including phenoxy) is 1. The molecule has 1 unspecified atom stereocenters. The number of rotatable bonds is 7. The maximum atomic E-state index is 12.2. The Balaban J connectivity index is 1.44. The summed E-state index contributed by atoms with van der Waals surface area (Å²) in [4.78, 5) is 33.5. The fraction of sp³-hybridized carbons (Fsp3) is 0.429. The van der Waals surface area contributed by atoms with Crippen molar-refractivity contribution in [1.82, 2.24) is 24.8 Å². The Bertz CT molecular complexity index is 1200. The van der Waals surface area contributed by atoms with Crippen LogP contribution in [0.1, 0.15) is 37.1 Å². The zero-order valence-electron chi connectivity index (χ0n) is 21.4. The van der Waals surface area contributed by atoms with Gasteiger partial charge in [0.05, 0.1) is 18.8 Å². The van der Waals surface area contributed by atoms with E-state index in [1.165, 1.54) is 11.1 Å². The lowest BCUT2D eigenvalue weighted by Crippen LogP contribution is -2.41. The number of methoxy groups -OCH3 is 1. The number of benzene rings is 1. The van der Waals surface area contributed by atoms with Gasteiger partial charge in [0.1, 0.15) is 17.3 Å². The summed E-state index contributed by atoms with van der Waals surface area (Å²) in [6.45, 7) is 8.70. The standard InChI is InChI=1S/C28H34N6O2/c1-4-34(20(2)35)22-12-16-33(18-22)28-24-19-32(17-21-8-10-23(36-3)11-9-21)15-13-25(24)30-27(31-28)26-7-5-6-14-29-26/h5-11,14,22H,4,12-13,15-19H2,1-3H3. The first kappa shape index (κ1) is 24.2. The molecular formula is C28H34N6O2. The number of amides is 1. The van der Waals surface area contributed by atoms with Gasteiger partial charge in [0.2, 0.25) is 5.91 Å². The van der Waals surface area contributed by atoms with Gasteiger partial charge in [0.25, 0.3) is 0 Å². The number of anilines is 1. The molecule has 3 aromatic rings. The molecule has 2 aliphatic heterocycles. The molecule has 0 aliphatic carbocycles. The Kier molecular flexibility index (Phi) is 7.13. The highest BCUT2D eigenvalue weighted by Crippen LogP contribution is 2.32. The highest BCUT2D eigenvalue weighted by molar-refractivity contribution is 5.74. The van der Waals surface area contributed by atoms with Gasteiger partial charge in [-0.1, -0.05) is 18.2 Å². The summed E-state index contributed by atoms with van der Waals surface area (Å²) in [5, 5.41) is 0. The topological polar surface area (TPSA) is 74.7 Å². The van der Waals surface area contributed by atoms with Crippen LogP contribution in [0.15, 0.2) is 48.7 Å². The lowest BCUT2D eigenvalue weighted by Gasteiger charge is -2.32. The molecule has 1 saturated heterocycles. The molecule has 4 heterocycles. The SMILES string of the molecule is CCN(C(C)=O)C1CCN(c2nc(-c3ccccn3)nc3c2CN(Cc2ccc(OC)cc2)CC3)C1. The minimum absolute atomic E-state index is 0.133. The van der Waals surface area contributed by atoms with Crippen molar-refractivity contribution in [2.75, 3.05) is 38.2 Å². The Hall–Kier alpha value is -3.52. The van der Waals surface area contributed by atoms with Crippen LogP contribution in [-0.4, -0.2) is 70.0 Å². The van der Waals surface area contributed by atoms with Crippen molar-refractivity contribution in [2.24, 2.45) is 0 Å². The lowest BCUT2D eigenvalue weighted by molar-refractivity contribution is -0.130. The van der Waals surface area contributed by atoms with Crippen LogP contribution in [0.5, 0.6) is 5.75 Å². The molecule has 1 atom stereocenters. The van der Waals surface area contributed by atoms with E-state index in [1.807, 2.05) is 42.2 Å². The third-order valence-electron chi connectivity index (χ3n) is 7.23. The molecule has 5 rings (SSSR count). The van der Waals surface area contributed by atoms with Crippen molar-refractivity contribution in [2.45, 2.75) is 45.8 Å². The van der Waals surface area contributed by atoms with Gasteiger partial charge in [-0.05, 0) is 43.2 Å². The molecule has 8 nitrogen and oxygen atoms in total. The quantitative estimate of drug-likeness (QED) is 0.506. The van der Waals surface area contributed by atoms with Crippen molar-refractivity contribution in [1.29, 1.82) is 0 Å². The number of likely N-dealkylation sites (N-methyl/N-ethyl adjacent to an activating group) is 1. The predicted molar refractivity (Wildman–Crippen MR) is 140 cm³/mol. The molecule has 1 amide bonds. The maximum absolute atomic E-state index is 12.2. The van der Waals surface area contributed by atoms with Crippen LogP contribution in [0.3, 0.4) is 0 Å². The summed E-state index contributed by atoms with van der Waals surface area (Å²) in [6.07, 6.45) is 3.60. The number of carbonyl (C=O) groups excluding carboxylic acids is 1. The minimum Gasteiger partial charge on any atom is -0.497 e. The van der Waals surface area contributed by atoms with Gasteiger partial charge in [-0.25, -0.2) is 9.97 Å². The van der Waals surface area contributed by atoms with E-state index in [-0.39, 0.29) is 11.9 Å². The van der Waals surface area contributed by atoms with E-state index in [0.717, 1.165) is 75.1 Å². The largest absolute Gasteiger partial charge is 0.497 e. The maximum Gasteiger partial charge on any atom is 0.219 e. The van der Waals surface area contributed by atoms with E-state index < -0.39 is 0 Å². The summed E-state index contributed by atoms with van der Waals surface area (Å²) in [5.41, 5.74) is 4.35. The highest BCUT2D eigenvalue weighted by atomic mass is 16.5. The Morgan fingerprint density at radius 3 is 2.67 bits per heavy atom. The number of fused-ring (bicyclic) bond motifs is 1. The normalized spacial score (nSPS) is 17.6. The summed E-state index contributed by atoms with van der Waals surface area (Å²) < 4.78 is 5.31. The molecule has 0 saturated carbocycles. The number of hydrogen-bond donors (Lipinski definition) is 0. The first-order valence-electron chi connectivity index (χ1n) is 12.7. The molecule has 0 N–H and O–H groups in total. The van der Waals surface area contributed by atoms with Gasteiger partial charge >= 0.3 is 0 Å². The minimum atomic E-state index is 0.133. The van der Waals surface area contributed by atoms with Crippen LogP contribution in [0, 0.1) is 0 Å². The number of nitrogens with zero attached hydrogens (tertiary/aromatic N) is 6. The number of pyridine rings is 1. The van der Waals surface area contributed by atoms with Crippen molar-refractivity contribution < 1.29 is 9.53 Å². The number of hydrogen-bond acceptors (Lipinski definition) is 7. The van der Waals surface area contributed by atoms with E-state index in [0.29, 0.717) is 5.82 Å². The van der Waals surface area contributed by atoms with E-state index >= 15 is 0 Å². The van der Waals surface area contributed by atoms with Crippen LogP contribution in [0.25, 0.3) is 11.5 Å². The van der Waals surface area contributed by atoms with E-state index in [1.54, 1.807) is 20.2 Å². The summed E-state index contributed by atoms with van der Waals surface area (Å²) in [5.74, 6) is 2.67. The van der Waals surface area contributed by atoms with Crippen LogP contribution in [0.2, 0.25) is 0 Å². The van der Waals surface area contributed by atoms with Crippen LogP contribution >= 0.6 is 0 Å². The van der Waals surface area contributed by atoms with Gasteiger partial charge in [0.15, 0.2) is 5.82 Å². The second-order valence-electron chi connectivity index (χ2n) is 9.51. The van der Waals surface area contributed by atoms with Crippen molar-refractivity contribution in [3.05, 3.63) is 65.5 Å². The first-order valence-corrected chi connectivity index (χ1v) is 12.7. The second-order valence-corrected chi connectivity index (χ2v) is 9.51. The molecule has 0 bridgehead atoms. The summed E-state index contributed by atoms with van der Waals surface area (Å²) >= 11 is 0. The Labute approximate surface area is 212 Å². The van der Waals surface area contributed by atoms with E-state index in [2.05, 4.69) is 26.9 Å². The van der Waals surface area contributed by atoms with Gasteiger partial charge in [0, 0.05) is 64.4 Å². The molecule has 1 aromatic carbocycles. The Morgan fingerprint density at radius 2 is 1.97 bits per heavy atom. The van der Waals surface area contributed by atoms with Crippen molar-refractivity contribution in [3.63, 3.8) is 0 Å². The molecule has 0 spiro atoms. The lowest BCUT2D eigenvalue weighted by atomic mass is 10.0. The van der Waals surface area contributed by atoms with Crippen molar-refractivity contribution in [3.8, 4) is 17.3 Å². The van der Waals surface area contributed by atoms with Gasteiger partial charge in [-0.3, -0.25) is 14.7 Å². The smallest absolute Gasteiger partial charge is 0.219 e. The molecular weight excluding hydrogens is 452 g/mol. The predicted octanol–water partition coefficient (Wildman–Crippen LogP) is 3.55. The number of aromatic nitrogens is 3. The Morgan fingerprint density at radius 1 is 1.14 bits per heavy atom. The zero-order valence-corrected chi connectivity index (χ0v) is 21.4.